The Labute approximate surface area is 142 Å². The molecule has 3 rings (SSSR count). The highest BCUT2D eigenvalue weighted by molar-refractivity contribution is 7.12. The smallest absolute Gasteiger partial charge is 0.120 e. The molecule has 1 atom stereocenters. The van der Waals surface area contributed by atoms with Crippen molar-refractivity contribution in [3.63, 3.8) is 0 Å². The van der Waals surface area contributed by atoms with E-state index in [2.05, 4.69) is 39.9 Å². The second kappa shape index (κ2) is 6.84. The molecule has 1 aliphatic heterocycles. The molecule has 3 heterocycles. The number of likely N-dealkylation sites (tertiary alicyclic amines) is 1. The van der Waals surface area contributed by atoms with Crippen LogP contribution in [0.15, 0.2) is 36.5 Å². The van der Waals surface area contributed by atoms with E-state index in [1.165, 1.54) is 23.4 Å². The monoisotopic (exact) mass is 326 g/mol. The van der Waals surface area contributed by atoms with Crippen LogP contribution in [0.25, 0.3) is 0 Å². The highest BCUT2D eigenvalue weighted by Crippen LogP contribution is 2.33. The predicted octanol–water partition coefficient (Wildman–Crippen LogP) is 3.60. The molecule has 1 unspecified atom stereocenters. The molecule has 1 saturated heterocycles. The van der Waals surface area contributed by atoms with Gasteiger partial charge in [0.25, 0.3) is 0 Å². The van der Waals surface area contributed by atoms with Crippen LogP contribution in [0.2, 0.25) is 0 Å². The zero-order valence-corrected chi connectivity index (χ0v) is 14.4. The first-order chi connectivity index (χ1) is 11.0. The number of aromatic nitrogens is 1. The maximum Gasteiger partial charge on any atom is 0.120 e. The maximum absolute atomic E-state index is 9.69. The summed E-state index contributed by atoms with van der Waals surface area (Å²) < 4.78 is 0. The molecule has 0 amide bonds. The topological polar surface area (TPSA) is 36.4 Å². The van der Waals surface area contributed by atoms with Crippen molar-refractivity contribution in [2.75, 3.05) is 6.54 Å². The SMILES string of the molecule is CC(C)(O)C#Cc1ccc(CN2CCCC2c2ccccn2)s1. The molecule has 0 aliphatic carbocycles. The number of nitrogens with zero attached hydrogens (tertiary/aromatic N) is 2. The fraction of sp³-hybridized carbons (Fsp3) is 0.421. The Morgan fingerprint density at radius 1 is 1.35 bits per heavy atom. The molecule has 0 spiro atoms. The number of hydrogen-bond acceptors (Lipinski definition) is 4. The number of hydrogen-bond donors (Lipinski definition) is 1. The number of rotatable bonds is 3. The third-order valence-corrected chi connectivity index (χ3v) is 4.89. The first-order valence-electron chi connectivity index (χ1n) is 8.00. The molecular formula is C19H22N2OS. The van der Waals surface area contributed by atoms with E-state index in [0.717, 1.165) is 18.0 Å². The highest BCUT2D eigenvalue weighted by Gasteiger charge is 2.27. The van der Waals surface area contributed by atoms with Crippen LogP contribution < -0.4 is 0 Å². The Bertz CT molecular complexity index is 706. The zero-order valence-electron chi connectivity index (χ0n) is 13.6. The number of pyridine rings is 1. The van der Waals surface area contributed by atoms with Crippen molar-refractivity contribution in [1.82, 2.24) is 9.88 Å². The van der Waals surface area contributed by atoms with E-state index in [4.69, 9.17) is 0 Å². The molecule has 2 aromatic heterocycles. The lowest BCUT2D eigenvalue weighted by atomic mass is 10.1. The fourth-order valence-electron chi connectivity index (χ4n) is 2.87. The minimum absolute atomic E-state index is 0.421. The van der Waals surface area contributed by atoms with Gasteiger partial charge >= 0.3 is 0 Å². The summed E-state index contributed by atoms with van der Waals surface area (Å²) in [5, 5.41) is 9.69. The van der Waals surface area contributed by atoms with Gasteiger partial charge in [-0.05, 0) is 57.5 Å². The van der Waals surface area contributed by atoms with Crippen LogP contribution in [0.1, 0.15) is 48.2 Å². The summed E-state index contributed by atoms with van der Waals surface area (Å²) in [7, 11) is 0. The van der Waals surface area contributed by atoms with Gasteiger partial charge in [-0.2, -0.15) is 0 Å². The van der Waals surface area contributed by atoms with Crippen LogP contribution >= 0.6 is 11.3 Å². The van der Waals surface area contributed by atoms with Crippen molar-refractivity contribution >= 4 is 11.3 Å². The van der Waals surface area contributed by atoms with E-state index in [0.29, 0.717) is 6.04 Å². The van der Waals surface area contributed by atoms with Gasteiger partial charge in [-0.15, -0.1) is 11.3 Å². The molecule has 2 aromatic rings. The van der Waals surface area contributed by atoms with Crippen LogP contribution in [0.5, 0.6) is 0 Å². The second-order valence-electron chi connectivity index (χ2n) is 6.46. The van der Waals surface area contributed by atoms with E-state index in [1.54, 1.807) is 25.2 Å². The lowest BCUT2D eigenvalue weighted by Gasteiger charge is -2.23. The summed E-state index contributed by atoms with van der Waals surface area (Å²) in [6, 6.07) is 10.8. The quantitative estimate of drug-likeness (QED) is 0.876. The van der Waals surface area contributed by atoms with Crippen molar-refractivity contribution in [1.29, 1.82) is 0 Å². The summed E-state index contributed by atoms with van der Waals surface area (Å²) in [6.07, 6.45) is 4.27. The van der Waals surface area contributed by atoms with Crippen LogP contribution in [0, 0.1) is 11.8 Å². The maximum atomic E-state index is 9.69. The Morgan fingerprint density at radius 3 is 2.96 bits per heavy atom. The minimum atomic E-state index is -0.941. The molecule has 0 aromatic carbocycles. The van der Waals surface area contributed by atoms with Crippen LogP contribution in [-0.2, 0) is 6.54 Å². The Kier molecular flexibility index (Phi) is 4.82. The molecule has 0 bridgehead atoms. The average molecular weight is 326 g/mol. The molecule has 1 N–H and O–H groups in total. The third-order valence-electron chi connectivity index (χ3n) is 3.91. The van der Waals surface area contributed by atoms with Gasteiger partial charge in [0.2, 0.25) is 0 Å². The van der Waals surface area contributed by atoms with E-state index in [1.807, 2.05) is 18.3 Å². The Balaban J connectivity index is 1.69. The highest BCUT2D eigenvalue weighted by atomic mass is 32.1. The van der Waals surface area contributed by atoms with Crippen molar-refractivity contribution in [2.24, 2.45) is 0 Å². The summed E-state index contributed by atoms with van der Waals surface area (Å²) in [4.78, 5) is 9.35. The largest absolute Gasteiger partial charge is 0.378 e. The van der Waals surface area contributed by atoms with Crippen LogP contribution in [-0.4, -0.2) is 27.1 Å². The Morgan fingerprint density at radius 2 is 2.22 bits per heavy atom. The number of aliphatic hydroxyl groups is 1. The van der Waals surface area contributed by atoms with Gasteiger partial charge in [0, 0.05) is 17.6 Å². The summed E-state index contributed by atoms with van der Waals surface area (Å²) >= 11 is 1.71. The van der Waals surface area contributed by atoms with E-state index in [9.17, 15) is 5.11 Å². The molecule has 23 heavy (non-hydrogen) atoms. The third kappa shape index (κ3) is 4.42. The molecule has 0 saturated carbocycles. The van der Waals surface area contributed by atoms with Gasteiger partial charge in [-0.1, -0.05) is 17.9 Å². The molecule has 1 aliphatic rings. The first kappa shape index (κ1) is 16.2. The second-order valence-corrected chi connectivity index (χ2v) is 7.63. The normalized spacial score (nSPS) is 18.7. The lowest BCUT2D eigenvalue weighted by Crippen LogP contribution is -2.22. The van der Waals surface area contributed by atoms with Gasteiger partial charge in [-0.25, -0.2) is 0 Å². The molecule has 120 valence electrons. The van der Waals surface area contributed by atoms with Crippen molar-refractivity contribution in [3.8, 4) is 11.8 Å². The fourth-order valence-corrected chi connectivity index (χ4v) is 3.76. The molecular weight excluding hydrogens is 304 g/mol. The molecule has 1 fully saturated rings. The van der Waals surface area contributed by atoms with Gasteiger partial charge in [0.05, 0.1) is 16.6 Å². The van der Waals surface area contributed by atoms with Gasteiger partial charge < -0.3 is 5.11 Å². The molecule has 4 heteroatoms. The number of thiophene rings is 1. The van der Waals surface area contributed by atoms with Gasteiger partial charge in [-0.3, -0.25) is 9.88 Å². The zero-order chi connectivity index (χ0) is 16.3. The van der Waals surface area contributed by atoms with Crippen molar-refractivity contribution in [3.05, 3.63) is 52.0 Å². The summed E-state index contributed by atoms with van der Waals surface area (Å²) in [6.45, 7) is 5.46. The van der Waals surface area contributed by atoms with E-state index >= 15 is 0 Å². The van der Waals surface area contributed by atoms with Crippen molar-refractivity contribution in [2.45, 2.75) is 44.9 Å². The summed E-state index contributed by atoms with van der Waals surface area (Å²) in [5.41, 5.74) is 0.229. The molecule has 0 radical (unpaired) electrons. The average Bonchev–Trinajstić information content (AvgIpc) is 3.15. The first-order valence-corrected chi connectivity index (χ1v) is 8.82. The standard InChI is InChI=1S/C19H22N2OS/c1-19(2,22)11-10-15-8-9-16(23-15)14-21-13-5-7-18(21)17-6-3-4-12-20-17/h3-4,6,8-9,12,18,22H,5,7,13-14H2,1-2H3. The summed E-state index contributed by atoms with van der Waals surface area (Å²) in [5.74, 6) is 5.93. The van der Waals surface area contributed by atoms with E-state index in [-0.39, 0.29) is 0 Å². The van der Waals surface area contributed by atoms with Gasteiger partial charge in [0.15, 0.2) is 0 Å². The van der Waals surface area contributed by atoms with E-state index < -0.39 is 5.60 Å². The van der Waals surface area contributed by atoms with Crippen LogP contribution in [0.3, 0.4) is 0 Å². The van der Waals surface area contributed by atoms with Crippen molar-refractivity contribution < 1.29 is 5.11 Å². The van der Waals surface area contributed by atoms with Crippen LogP contribution in [0.4, 0.5) is 0 Å². The lowest BCUT2D eigenvalue weighted by molar-refractivity contribution is 0.143. The molecule has 3 nitrogen and oxygen atoms in total. The Hall–Kier alpha value is -1.67. The minimum Gasteiger partial charge on any atom is -0.378 e. The predicted molar refractivity (Wildman–Crippen MR) is 94.1 cm³/mol. The van der Waals surface area contributed by atoms with Gasteiger partial charge in [0.1, 0.15) is 5.60 Å².